The van der Waals surface area contributed by atoms with Gasteiger partial charge < -0.3 is 24.8 Å². The number of carbonyl (C=O) groups excluding carboxylic acids is 1. The number of carboxylic acids is 1. The standard InChI is InChI=1S/C38H43Cl2N7O5/c1-45-31-14-17-46(18-22-6-8-23(9-7-22)38(50)51)21-30(31)42-35(45)36(49)43-29-5-3-4-27(32(29)39)34-33(40)26(12-15-41-34)28-11-10-24(37(44-28)52-2)19-47-16-13-25(48)20-47/h3-5,10-12,15,22-23,25,48H,6-9,13-14,16-21H2,1-2H3,(H,43,49)(H,50,51)/t22-,23-,25-/m1/s1. The molecule has 2 fully saturated rings. The minimum Gasteiger partial charge on any atom is -0.481 e. The maximum absolute atomic E-state index is 13.7. The van der Waals surface area contributed by atoms with Crippen molar-refractivity contribution in [2.24, 2.45) is 18.9 Å². The third-order valence-corrected chi connectivity index (χ3v) is 11.5. The second-order valence-electron chi connectivity index (χ2n) is 14.1. The fourth-order valence-electron chi connectivity index (χ4n) is 7.83. The van der Waals surface area contributed by atoms with Crippen molar-refractivity contribution in [1.82, 2.24) is 29.3 Å². The molecule has 7 rings (SSSR count). The zero-order chi connectivity index (χ0) is 36.5. The molecular weight excluding hydrogens is 705 g/mol. The van der Waals surface area contributed by atoms with Crippen molar-refractivity contribution in [3.63, 3.8) is 0 Å². The van der Waals surface area contributed by atoms with E-state index in [1.54, 1.807) is 37.6 Å². The minimum absolute atomic E-state index is 0.221. The summed E-state index contributed by atoms with van der Waals surface area (Å²) in [6.07, 6.45) is 6.18. The van der Waals surface area contributed by atoms with Crippen LogP contribution in [-0.4, -0.2) is 90.8 Å². The molecule has 1 saturated heterocycles. The monoisotopic (exact) mass is 747 g/mol. The Hall–Kier alpha value is -4.07. The molecule has 1 aromatic carbocycles. The molecule has 1 aliphatic carbocycles. The molecule has 0 radical (unpaired) electrons. The van der Waals surface area contributed by atoms with Crippen molar-refractivity contribution >= 4 is 40.8 Å². The summed E-state index contributed by atoms with van der Waals surface area (Å²) in [5.41, 5.74) is 5.51. The van der Waals surface area contributed by atoms with Gasteiger partial charge in [-0.05, 0) is 56.2 Å². The first-order valence-electron chi connectivity index (χ1n) is 17.8. The van der Waals surface area contributed by atoms with E-state index in [9.17, 15) is 19.8 Å². The van der Waals surface area contributed by atoms with Crippen molar-refractivity contribution in [2.75, 3.05) is 38.6 Å². The van der Waals surface area contributed by atoms with Crippen molar-refractivity contribution < 1.29 is 24.5 Å². The predicted molar refractivity (Wildman–Crippen MR) is 199 cm³/mol. The lowest BCUT2D eigenvalue weighted by atomic mass is 9.81. The second-order valence-corrected chi connectivity index (χ2v) is 14.9. The number of β-amino-alcohol motifs (C(OH)–C–C–N with tert-alkyl or cyclic N) is 1. The number of aromatic nitrogens is 4. The van der Waals surface area contributed by atoms with E-state index in [0.717, 1.165) is 75.1 Å². The van der Waals surface area contributed by atoms with Gasteiger partial charge in [-0.2, -0.15) is 0 Å². The van der Waals surface area contributed by atoms with Crippen LogP contribution in [0.4, 0.5) is 5.69 Å². The highest BCUT2D eigenvalue weighted by molar-refractivity contribution is 6.39. The average Bonchev–Trinajstić information content (AvgIpc) is 3.71. The number of aliphatic hydroxyl groups excluding tert-OH is 1. The summed E-state index contributed by atoms with van der Waals surface area (Å²) in [4.78, 5) is 43.7. The van der Waals surface area contributed by atoms with Crippen LogP contribution in [0.2, 0.25) is 10.0 Å². The number of nitrogens with one attached hydrogen (secondary N) is 1. The lowest BCUT2D eigenvalue weighted by Gasteiger charge is -2.33. The molecule has 52 heavy (non-hydrogen) atoms. The number of carboxylic acid groups (broad SMARTS) is 1. The van der Waals surface area contributed by atoms with Crippen molar-refractivity contribution in [2.45, 2.75) is 57.7 Å². The molecule has 1 atom stereocenters. The van der Waals surface area contributed by atoms with Crippen LogP contribution in [0.5, 0.6) is 5.88 Å². The van der Waals surface area contributed by atoms with Gasteiger partial charge in [-0.15, -0.1) is 0 Å². The zero-order valence-electron chi connectivity index (χ0n) is 29.3. The summed E-state index contributed by atoms with van der Waals surface area (Å²) in [6.45, 7) is 4.47. The Bertz CT molecular complexity index is 1980. The van der Waals surface area contributed by atoms with E-state index in [1.165, 1.54) is 0 Å². The fraction of sp³-hybridized carbons (Fsp3) is 0.447. The number of amides is 1. The number of halogens is 2. The highest BCUT2D eigenvalue weighted by atomic mass is 35.5. The maximum atomic E-state index is 13.7. The van der Waals surface area contributed by atoms with Gasteiger partial charge in [-0.25, -0.2) is 9.97 Å². The van der Waals surface area contributed by atoms with Crippen LogP contribution in [0, 0.1) is 11.8 Å². The number of likely N-dealkylation sites (tertiary alicyclic amines) is 1. The molecule has 0 bridgehead atoms. The molecule has 274 valence electrons. The van der Waals surface area contributed by atoms with Crippen molar-refractivity contribution in [1.29, 1.82) is 0 Å². The number of hydrogen-bond acceptors (Lipinski definition) is 9. The number of hydrogen-bond donors (Lipinski definition) is 3. The zero-order valence-corrected chi connectivity index (χ0v) is 30.8. The van der Waals surface area contributed by atoms with Crippen LogP contribution in [0.25, 0.3) is 22.5 Å². The van der Waals surface area contributed by atoms with E-state index in [2.05, 4.69) is 20.1 Å². The van der Waals surface area contributed by atoms with Gasteiger partial charge in [0.2, 0.25) is 5.88 Å². The Morgan fingerprint density at radius 2 is 1.79 bits per heavy atom. The first-order valence-corrected chi connectivity index (χ1v) is 18.5. The number of fused-ring (bicyclic) bond motifs is 1. The van der Waals surface area contributed by atoms with Gasteiger partial charge in [0.15, 0.2) is 5.82 Å². The number of nitrogens with zero attached hydrogens (tertiary/aromatic N) is 6. The summed E-state index contributed by atoms with van der Waals surface area (Å²) in [7, 11) is 3.45. The molecule has 5 heterocycles. The Balaban J connectivity index is 1.06. The van der Waals surface area contributed by atoms with Crippen LogP contribution < -0.4 is 10.1 Å². The van der Waals surface area contributed by atoms with Crippen molar-refractivity contribution in [3.05, 3.63) is 75.4 Å². The van der Waals surface area contributed by atoms with Gasteiger partial charge >= 0.3 is 5.97 Å². The van der Waals surface area contributed by atoms with E-state index < -0.39 is 5.97 Å². The molecule has 4 aromatic rings. The van der Waals surface area contributed by atoms with Gasteiger partial charge in [-0.1, -0.05) is 41.4 Å². The number of benzene rings is 1. The lowest BCUT2D eigenvalue weighted by molar-refractivity contribution is -0.143. The summed E-state index contributed by atoms with van der Waals surface area (Å²) >= 11 is 13.9. The first kappa shape index (κ1) is 36.3. The summed E-state index contributed by atoms with van der Waals surface area (Å²) in [6, 6.07) is 11.0. The van der Waals surface area contributed by atoms with Gasteiger partial charge in [0, 0.05) is 81.3 Å². The van der Waals surface area contributed by atoms with Crippen LogP contribution in [0.15, 0.2) is 42.6 Å². The molecule has 3 N–H and O–H groups in total. The summed E-state index contributed by atoms with van der Waals surface area (Å²) in [5.74, 6) is -0.0146. The minimum atomic E-state index is -0.684. The topological polar surface area (TPSA) is 146 Å². The number of carbonyl (C=O) groups is 2. The number of aliphatic hydroxyl groups is 1. The number of anilines is 1. The van der Waals surface area contributed by atoms with Crippen molar-refractivity contribution in [3.8, 4) is 28.4 Å². The summed E-state index contributed by atoms with van der Waals surface area (Å²) < 4.78 is 7.50. The van der Waals surface area contributed by atoms with Crippen LogP contribution >= 0.6 is 23.2 Å². The quantitative estimate of drug-likeness (QED) is 0.179. The van der Waals surface area contributed by atoms with Gasteiger partial charge in [0.1, 0.15) is 0 Å². The van der Waals surface area contributed by atoms with E-state index >= 15 is 0 Å². The number of rotatable bonds is 10. The van der Waals surface area contributed by atoms with Gasteiger partial charge in [-0.3, -0.25) is 24.4 Å². The molecule has 12 nitrogen and oxygen atoms in total. The molecule has 3 aromatic heterocycles. The average molecular weight is 749 g/mol. The molecule has 2 aliphatic heterocycles. The summed E-state index contributed by atoms with van der Waals surface area (Å²) in [5, 5.41) is 22.9. The van der Waals surface area contributed by atoms with Crippen LogP contribution in [0.3, 0.4) is 0 Å². The molecule has 0 spiro atoms. The Morgan fingerprint density at radius 3 is 2.52 bits per heavy atom. The highest BCUT2D eigenvalue weighted by Gasteiger charge is 2.31. The molecule has 14 heteroatoms. The molecule has 3 aliphatic rings. The maximum Gasteiger partial charge on any atom is 0.306 e. The van der Waals surface area contributed by atoms with Crippen LogP contribution in [-0.2, 0) is 31.4 Å². The van der Waals surface area contributed by atoms with Crippen LogP contribution in [0.1, 0.15) is 59.7 Å². The Morgan fingerprint density at radius 1 is 0.981 bits per heavy atom. The van der Waals surface area contributed by atoms with E-state index in [0.29, 0.717) is 75.5 Å². The SMILES string of the molecule is COc1nc(-c2ccnc(-c3cccc(NC(=O)c4nc5c(n4C)CCN(C[C@H]4CC[C@H](C(=O)O)CC4)C5)c3Cl)c2Cl)ccc1CN1CC[C@@H](O)C1. The number of imidazole rings is 1. The predicted octanol–water partition coefficient (Wildman–Crippen LogP) is 5.93. The van der Waals surface area contributed by atoms with E-state index in [1.807, 2.05) is 23.7 Å². The lowest BCUT2D eigenvalue weighted by Crippen LogP contribution is -2.36. The molecule has 0 unspecified atom stereocenters. The number of methoxy groups -OCH3 is 1. The normalized spacial score (nSPS) is 20.8. The van der Waals surface area contributed by atoms with Gasteiger partial charge in [0.05, 0.1) is 51.9 Å². The molecular formula is C38H43Cl2N7O5. The van der Waals surface area contributed by atoms with E-state index in [4.69, 9.17) is 37.9 Å². The smallest absolute Gasteiger partial charge is 0.306 e. The Labute approximate surface area is 312 Å². The number of pyridine rings is 2. The number of ether oxygens (including phenoxy) is 1. The highest BCUT2D eigenvalue weighted by Crippen LogP contribution is 2.40. The molecule has 1 amide bonds. The molecule has 1 saturated carbocycles. The number of aliphatic carboxylic acids is 1. The van der Waals surface area contributed by atoms with E-state index in [-0.39, 0.29) is 17.9 Å². The second kappa shape index (κ2) is 15.5. The largest absolute Gasteiger partial charge is 0.481 e. The Kier molecular flexibility index (Phi) is 10.8. The first-order chi connectivity index (χ1) is 25.1. The fourth-order valence-corrected chi connectivity index (χ4v) is 8.40. The third kappa shape index (κ3) is 7.53. The third-order valence-electron chi connectivity index (χ3n) is 10.7. The van der Waals surface area contributed by atoms with Gasteiger partial charge in [0.25, 0.3) is 5.91 Å².